The van der Waals surface area contributed by atoms with Crippen LogP contribution in [0.3, 0.4) is 0 Å². The summed E-state index contributed by atoms with van der Waals surface area (Å²) in [7, 11) is 0. The molecule has 0 spiro atoms. The van der Waals surface area contributed by atoms with Gasteiger partial charge in [-0.05, 0) is 43.4 Å². The maximum atomic E-state index is 12.2. The van der Waals surface area contributed by atoms with E-state index in [0.29, 0.717) is 31.4 Å². The van der Waals surface area contributed by atoms with Crippen molar-refractivity contribution in [3.05, 3.63) is 29.8 Å². The molecule has 0 aromatic heterocycles. The second kappa shape index (κ2) is 7.06. The molecule has 118 valence electrons. The fraction of sp³-hybridized carbons (Fsp3) is 0.438. The van der Waals surface area contributed by atoms with Gasteiger partial charge in [-0.25, -0.2) is 0 Å². The molecule has 22 heavy (non-hydrogen) atoms. The lowest BCUT2D eigenvalue weighted by Gasteiger charge is -2.25. The number of hydrogen-bond donors (Lipinski definition) is 3. The first kappa shape index (κ1) is 16.0. The van der Waals surface area contributed by atoms with Gasteiger partial charge in [-0.15, -0.1) is 0 Å². The minimum atomic E-state index is -0.774. The molecular weight excluding hydrogens is 284 g/mol. The Morgan fingerprint density at radius 1 is 1.05 bits per heavy atom. The Bertz CT molecular complexity index is 560. The van der Waals surface area contributed by atoms with Crippen molar-refractivity contribution in [3.8, 4) is 0 Å². The third-order valence-corrected chi connectivity index (χ3v) is 4.05. The van der Waals surface area contributed by atoms with Gasteiger partial charge >= 0.3 is 5.97 Å². The molecule has 1 aliphatic rings. The summed E-state index contributed by atoms with van der Waals surface area (Å²) < 4.78 is 0. The highest BCUT2D eigenvalue weighted by molar-refractivity contribution is 5.92. The number of carbonyl (C=O) groups is 3. The number of rotatable bonds is 5. The predicted molar refractivity (Wildman–Crippen MR) is 81.1 cm³/mol. The lowest BCUT2D eigenvalue weighted by molar-refractivity contribution is -0.143. The molecule has 1 saturated carbocycles. The molecular formula is C16H20N2O4. The van der Waals surface area contributed by atoms with Crippen LogP contribution in [0, 0.1) is 11.8 Å². The highest BCUT2D eigenvalue weighted by Crippen LogP contribution is 2.29. The van der Waals surface area contributed by atoms with Gasteiger partial charge in [0.05, 0.1) is 12.3 Å². The van der Waals surface area contributed by atoms with Crippen LogP contribution in [0.25, 0.3) is 0 Å². The Kier molecular flexibility index (Phi) is 5.14. The van der Waals surface area contributed by atoms with Gasteiger partial charge in [0.2, 0.25) is 11.8 Å². The summed E-state index contributed by atoms with van der Waals surface area (Å²) in [5, 5.41) is 11.8. The summed E-state index contributed by atoms with van der Waals surface area (Å²) in [4.78, 5) is 33.9. The molecule has 4 N–H and O–H groups in total. The first-order valence-electron chi connectivity index (χ1n) is 7.36. The molecule has 0 bridgehead atoms. The zero-order valence-corrected chi connectivity index (χ0v) is 12.2. The molecule has 6 heteroatoms. The predicted octanol–water partition coefficient (Wildman–Crippen LogP) is 1.54. The Balaban J connectivity index is 1.87. The fourth-order valence-electron chi connectivity index (χ4n) is 2.75. The second-order valence-electron chi connectivity index (χ2n) is 5.72. The van der Waals surface area contributed by atoms with E-state index >= 15 is 0 Å². The van der Waals surface area contributed by atoms with Gasteiger partial charge in [0.15, 0.2) is 0 Å². The quantitative estimate of drug-likeness (QED) is 0.766. The lowest BCUT2D eigenvalue weighted by atomic mass is 9.81. The minimum Gasteiger partial charge on any atom is -0.481 e. The molecule has 0 unspecified atom stereocenters. The standard InChI is InChI=1S/C16H20N2O4/c17-14(19)9-10-1-7-13(8-2-10)18-15(20)11-3-5-12(6-4-11)16(21)22/h1-2,7-8,11-12H,3-6,9H2,(H2,17,19)(H,18,20)(H,21,22). The molecule has 1 aromatic carbocycles. The lowest BCUT2D eigenvalue weighted by Crippen LogP contribution is -2.29. The molecule has 0 atom stereocenters. The summed E-state index contributed by atoms with van der Waals surface area (Å²) >= 11 is 0. The van der Waals surface area contributed by atoms with Crippen LogP contribution in [0.2, 0.25) is 0 Å². The van der Waals surface area contributed by atoms with Gasteiger partial charge in [0.25, 0.3) is 0 Å². The number of amides is 2. The molecule has 6 nitrogen and oxygen atoms in total. The number of nitrogens with one attached hydrogen (secondary N) is 1. The van der Waals surface area contributed by atoms with Crippen LogP contribution < -0.4 is 11.1 Å². The van der Waals surface area contributed by atoms with Crippen molar-refractivity contribution in [2.24, 2.45) is 17.6 Å². The first-order valence-corrected chi connectivity index (χ1v) is 7.36. The zero-order chi connectivity index (χ0) is 16.1. The van der Waals surface area contributed by atoms with Crippen LogP contribution in [0.4, 0.5) is 5.69 Å². The van der Waals surface area contributed by atoms with Crippen LogP contribution in [0.15, 0.2) is 24.3 Å². The van der Waals surface area contributed by atoms with E-state index in [-0.39, 0.29) is 24.2 Å². The Labute approximate surface area is 128 Å². The molecule has 1 aliphatic carbocycles. The number of carboxylic acids is 1. The summed E-state index contributed by atoms with van der Waals surface area (Å²) in [6.07, 6.45) is 2.47. The average molecular weight is 304 g/mol. The van der Waals surface area contributed by atoms with Crippen LogP contribution in [0.1, 0.15) is 31.2 Å². The van der Waals surface area contributed by atoms with Crippen LogP contribution in [-0.2, 0) is 20.8 Å². The average Bonchev–Trinajstić information content (AvgIpc) is 2.49. The number of nitrogens with two attached hydrogens (primary N) is 1. The minimum absolute atomic E-state index is 0.0773. The van der Waals surface area contributed by atoms with Gasteiger partial charge in [-0.3, -0.25) is 14.4 Å². The topological polar surface area (TPSA) is 109 Å². The first-order chi connectivity index (χ1) is 10.5. The molecule has 2 amide bonds. The van der Waals surface area contributed by atoms with E-state index in [1.54, 1.807) is 24.3 Å². The van der Waals surface area contributed by atoms with Gasteiger partial charge in [-0.1, -0.05) is 12.1 Å². The number of primary amides is 1. The molecule has 1 fully saturated rings. The van der Waals surface area contributed by atoms with Crippen LogP contribution in [-0.4, -0.2) is 22.9 Å². The normalized spacial score (nSPS) is 21.1. The monoisotopic (exact) mass is 304 g/mol. The van der Waals surface area contributed by atoms with Crippen LogP contribution >= 0.6 is 0 Å². The van der Waals surface area contributed by atoms with Gasteiger partial charge in [0, 0.05) is 11.6 Å². The Hall–Kier alpha value is -2.37. The number of carbonyl (C=O) groups excluding carboxylic acids is 2. The van der Waals surface area contributed by atoms with Crippen molar-refractivity contribution in [1.29, 1.82) is 0 Å². The summed E-state index contributed by atoms with van der Waals surface area (Å²) in [5.74, 6) is -1.71. The molecule has 0 heterocycles. The Morgan fingerprint density at radius 3 is 2.09 bits per heavy atom. The van der Waals surface area contributed by atoms with E-state index in [0.717, 1.165) is 5.56 Å². The highest BCUT2D eigenvalue weighted by atomic mass is 16.4. The van der Waals surface area contributed by atoms with Crippen molar-refractivity contribution in [2.75, 3.05) is 5.32 Å². The smallest absolute Gasteiger partial charge is 0.306 e. The highest BCUT2D eigenvalue weighted by Gasteiger charge is 2.29. The van der Waals surface area contributed by atoms with Gasteiger partial charge in [0.1, 0.15) is 0 Å². The number of aliphatic carboxylic acids is 1. The van der Waals surface area contributed by atoms with Gasteiger partial charge in [-0.2, -0.15) is 0 Å². The number of anilines is 1. The third-order valence-electron chi connectivity index (χ3n) is 4.05. The van der Waals surface area contributed by atoms with Crippen LogP contribution in [0.5, 0.6) is 0 Å². The van der Waals surface area contributed by atoms with E-state index in [1.807, 2.05) is 0 Å². The molecule has 2 rings (SSSR count). The van der Waals surface area contributed by atoms with Gasteiger partial charge < -0.3 is 16.2 Å². The van der Waals surface area contributed by atoms with E-state index in [4.69, 9.17) is 10.8 Å². The SMILES string of the molecule is NC(=O)Cc1ccc(NC(=O)C2CCC(C(=O)O)CC2)cc1. The van der Waals surface area contributed by atoms with E-state index < -0.39 is 11.9 Å². The molecule has 1 aromatic rings. The van der Waals surface area contributed by atoms with E-state index in [9.17, 15) is 14.4 Å². The maximum Gasteiger partial charge on any atom is 0.306 e. The fourth-order valence-corrected chi connectivity index (χ4v) is 2.75. The number of hydrogen-bond acceptors (Lipinski definition) is 3. The van der Waals surface area contributed by atoms with Crippen molar-refractivity contribution in [2.45, 2.75) is 32.1 Å². The molecule has 0 saturated heterocycles. The second-order valence-corrected chi connectivity index (χ2v) is 5.72. The largest absolute Gasteiger partial charge is 0.481 e. The van der Waals surface area contributed by atoms with Crippen molar-refractivity contribution < 1.29 is 19.5 Å². The van der Waals surface area contributed by atoms with E-state index in [1.165, 1.54) is 0 Å². The number of benzene rings is 1. The van der Waals surface area contributed by atoms with Crippen molar-refractivity contribution >= 4 is 23.5 Å². The summed E-state index contributed by atoms with van der Waals surface area (Å²) in [6.45, 7) is 0. The Morgan fingerprint density at radius 2 is 1.59 bits per heavy atom. The maximum absolute atomic E-state index is 12.2. The molecule has 0 radical (unpaired) electrons. The summed E-state index contributed by atoms with van der Waals surface area (Å²) in [5.41, 5.74) is 6.59. The molecule has 0 aliphatic heterocycles. The van der Waals surface area contributed by atoms with Crippen molar-refractivity contribution in [1.82, 2.24) is 0 Å². The third kappa shape index (κ3) is 4.31. The zero-order valence-electron chi connectivity index (χ0n) is 12.2. The van der Waals surface area contributed by atoms with Crippen molar-refractivity contribution in [3.63, 3.8) is 0 Å². The van der Waals surface area contributed by atoms with E-state index in [2.05, 4.69) is 5.32 Å². The summed E-state index contributed by atoms with van der Waals surface area (Å²) in [6, 6.07) is 6.97. The number of carboxylic acid groups (broad SMARTS) is 1.